The number of hydrogen-bond donors (Lipinski definition) is 2. The highest BCUT2D eigenvalue weighted by molar-refractivity contribution is 6.30. The Kier molecular flexibility index (Phi) is 8.33. The molecule has 2 N–H and O–H groups in total. The Hall–Kier alpha value is -2.53. The first kappa shape index (κ1) is 21.8. The predicted octanol–water partition coefficient (Wildman–Crippen LogP) is 4.51. The summed E-state index contributed by atoms with van der Waals surface area (Å²) in [6.07, 6.45) is 1.00. The Labute approximate surface area is 171 Å². The van der Waals surface area contributed by atoms with Gasteiger partial charge in [-0.15, -0.1) is 0 Å². The molecule has 0 heterocycles. The van der Waals surface area contributed by atoms with Gasteiger partial charge in [0.25, 0.3) is 5.91 Å². The summed E-state index contributed by atoms with van der Waals surface area (Å²) in [6.45, 7) is 6.32. The highest BCUT2D eigenvalue weighted by Crippen LogP contribution is 2.20. The highest BCUT2D eigenvalue weighted by Gasteiger charge is 2.11. The first-order valence-corrected chi connectivity index (χ1v) is 9.82. The van der Waals surface area contributed by atoms with E-state index >= 15 is 0 Å². The minimum atomic E-state index is -0.174. The second-order valence-corrected chi connectivity index (χ2v) is 7.33. The zero-order valence-electron chi connectivity index (χ0n) is 16.5. The number of amides is 2. The molecule has 2 amide bonds. The fourth-order valence-electron chi connectivity index (χ4n) is 2.68. The molecular formula is C22H27ClN2O3. The van der Waals surface area contributed by atoms with E-state index in [0.717, 1.165) is 11.3 Å². The summed E-state index contributed by atoms with van der Waals surface area (Å²) in [7, 11) is 0. The van der Waals surface area contributed by atoms with Crippen molar-refractivity contribution in [2.24, 2.45) is 0 Å². The second kappa shape index (κ2) is 10.7. The molecule has 28 heavy (non-hydrogen) atoms. The van der Waals surface area contributed by atoms with Gasteiger partial charge in [0.15, 0.2) is 0 Å². The van der Waals surface area contributed by atoms with Crippen molar-refractivity contribution in [3.63, 3.8) is 0 Å². The maximum absolute atomic E-state index is 12.2. The Morgan fingerprint density at radius 3 is 2.46 bits per heavy atom. The van der Waals surface area contributed by atoms with E-state index in [1.54, 1.807) is 24.3 Å². The van der Waals surface area contributed by atoms with Crippen LogP contribution in [0.25, 0.3) is 0 Å². The van der Waals surface area contributed by atoms with E-state index in [2.05, 4.69) is 10.6 Å². The highest BCUT2D eigenvalue weighted by atomic mass is 35.5. The fraction of sp³-hybridized carbons (Fsp3) is 0.364. The summed E-state index contributed by atoms with van der Waals surface area (Å²) in [5.41, 5.74) is 1.54. The Morgan fingerprint density at radius 1 is 1.07 bits per heavy atom. The molecule has 2 aromatic rings. The zero-order chi connectivity index (χ0) is 20.5. The van der Waals surface area contributed by atoms with Gasteiger partial charge in [0, 0.05) is 23.6 Å². The second-order valence-electron chi connectivity index (χ2n) is 6.89. The van der Waals surface area contributed by atoms with Crippen LogP contribution in [0.4, 0.5) is 0 Å². The summed E-state index contributed by atoms with van der Waals surface area (Å²) >= 11 is 5.81. The van der Waals surface area contributed by atoms with Crippen molar-refractivity contribution in [1.82, 2.24) is 10.6 Å². The SMILES string of the molecule is CC(C)Oc1cccc(C(C)NC(=O)CCCNC(=O)c2ccc(Cl)cc2)c1. The van der Waals surface area contributed by atoms with E-state index in [4.69, 9.17) is 16.3 Å². The first-order chi connectivity index (χ1) is 13.3. The molecule has 1 unspecified atom stereocenters. The molecule has 0 bridgehead atoms. The van der Waals surface area contributed by atoms with Gasteiger partial charge in [-0.1, -0.05) is 23.7 Å². The van der Waals surface area contributed by atoms with E-state index in [0.29, 0.717) is 30.0 Å². The van der Waals surface area contributed by atoms with Crippen molar-refractivity contribution >= 4 is 23.4 Å². The van der Waals surface area contributed by atoms with E-state index in [9.17, 15) is 9.59 Å². The van der Waals surface area contributed by atoms with Crippen molar-refractivity contribution < 1.29 is 14.3 Å². The van der Waals surface area contributed by atoms with E-state index < -0.39 is 0 Å². The summed E-state index contributed by atoms with van der Waals surface area (Å²) in [6, 6.07) is 14.3. The van der Waals surface area contributed by atoms with Gasteiger partial charge in [-0.05, 0) is 69.2 Å². The molecule has 0 fully saturated rings. The monoisotopic (exact) mass is 402 g/mol. The average Bonchev–Trinajstić information content (AvgIpc) is 2.65. The molecule has 0 aliphatic carbocycles. The number of halogens is 1. The molecule has 2 aromatic carbocycles. The molecule has 0 saturated carbocycles. The smallest absolute Gasteiger partial charge is 0.251 e. The molecule has 1 atom stereocenters. The lowest BCUT2D eigenvalue weighted by atomic mass is 10.1. The molecule has 150 valence electrons. The van der Waals surface area contributed by atoms with Crippen molar-refractivity contribution in [2.45, 2.75) is 45.8 Å². The number of benzene rings is 2. The topological polar surface area (TPSA) is 67.4 Å². The molecule has 0 spiro atoms. The van der Waals surface area contributed by atoms with Crippen molar-refractivity contribution in [2.75, 3.05) is 6.54 Å². The van der Waals surface area contributed by atoms with E-state index in [-0.39, 0.29) is 24.0 Å². The fourth-order valence-corrected chi connectivity index (χ4v) is 2.81. The van der Waals surface area contributed by atoms with E-state index in [1.165, 1.54) is 0 Å². The lowest BCUT2D eigenvalue weighted by Crippen LogP contribution is -2.29. The Balaban J connectivity index is 1.73. The van der Waals surface area contributed by atoms with Crippen molar-refractivity contribution in [3.8, 4) is 5.75 Å². The molecule has 0 saturated heterocycles. The number of hydrogen-bond acceptors (Lipinski definition) is 3. The van der Waals surface area contributed by atoms with Crippen LogP contribution in [0.2, 0.25) is 5.02 Å². The van der Waals surface area contributed by atoms with Gasteiger partial charge in [-0.25, -0.2) is 0 Å². The normalized spacial score (nSPS) is 11.8. The van der Waals surface area contributed by atoms with Crippen LogP contribution in [0.3, 0.4) is 0 Å². The van der Waals surface area contributed by atoms with Crippen LogP contribution in [0.1, 0.15) is 55.6 Å². The summed E-state index contributed by atoms with van der Waals surface area (Å²) in [5.74, 6) is 0.564. The largest absolute Gasteiger partial charge is 0.491 e. The number of carbonyl (C=O) groups excluding carboxylic acids is 2. The third kappa shape index (κ3) is 7.24. The van der Waals surface area contributed by atoms with E-state index in [1.807, 2.05) is 45.0 Å². The van der Waals surface area contributed by atoms with Crippen LogP contribution in [-0.2, 0) is 4.79 Å². The molecular weight excluding hydrogens is 376 g/mol. The maximum Gasteiger partial charge on any atom is 0.251 e. The van der Waals surface area contributed by atoms with Gasteiger partial charge in [0.1, 0.15) is 5.75 Å². The lowest BCUT2D eigenvalue weighted by molar-refractivity contribution is -0.121. The van der Waals surface area contributed by atoms with Crippen molar-refractivity contribution in [1.29, 1.82) is 0 Å². The summed E-state index contributed by atoms with van der Waals surface area (Å²) in [4.78, 5) is 24.2. The van der Waals surface area contributed by atoms with Gasteiger partial charge in [-0.2, -0.15) is 0 Å². The van der Waals surface area contributed by atoms with Gasteiger partial charge < -0.3 is 15.4 Å². The van der Waals surface area contributed by atoms with Gasteiger partial charge in [0.2, 0.25) is 5.91 Å². The lowest BCUT2D eigenvalue weighted by Gasteiger charge is -2.16. The van der Waals surface area contributed by atoms with Crippen LogP contribution in [0.15, 0.2) is 48.5 Å². The van der Waals surface area contributed by atoms with Crippen LogP contribution in [0.5, 0.6) is 5.75 Å². The minimum Gasteiger partial charge on any atom is -0.491 e. The maximum atomic E-state index is 12.2. The number of rotatable bonds is 9. The molecule has 6 heteroatoms. The summed E-state index contributed by atoms with van der Waals surface area (Å²) < 4.78 is 5.69. The van der Waals surface area contributed by atoms with Crippen LogP contribution in [-0.4, -0.2) is 24.5 Å². The zero-order valence-corrected chi connectivity index (χ0v) is 17.3. The Morgan fingerprint density at radius 2 is 1.79 bits per heavy atom. The molecule has 0 radical (unpaired) electrons. The van der Waals surface area contributed by atoms with Gasteiger partial charge >= 0.3 is 0 Å². The third-order valence-electron chi connectivity index (χ3n) is 4.08. The quantitative estimate of drug-likeness (QED) is 0.606. The van der Waals surface area contributed by atoms with Crippen molar-refractivity contribution in [3.05, 3.63) is 64.7 Å². The third-order valence-corrected chi connectivity index (χ3v) is 4.33. The number of nitrogens with one attached hydrogen (secondary N) is 2. The first-order valence-electron chi connectivity index (χ1n) is 9.45. The molecule has 0 aromatic heterocycles. The van der Waals surface area contributed by atoms with Crippen LogP contribution in [0, 0.1) is 0 Å². The molecule has 2 rings (SSSR count). The van der Waals surface area contributed by atoms with Crippen LogP contribution < -0.4 is 15.4 Å². The summed E-state index contributed by atoms with van der Waals surface area (Å²) in [5, 5.41) is 6.37. The molecule has 0 aliphatic heterocycles. The van der Waals surface area contributed by atoms with Crippen LogP contribution >= 0.6 is 11.6 Å². The Bertz CT molecular complexity index is 791. The predicted molar refractivity (Wildman–Crippen MR) is 112 cm³/mol. The minimum absolute atomic E-state index is 0.0524. The molecule has 0 aliphatic rings. The standard InChI is InChI=1S/C22H27ClN2O3/c1-15(2)28-20-7-4-6-18(14-20)16(3)25-21(26)8-5-13-24-22(27)17-9-11-19(23)12-10-17/h4,6-7,9-12,14-16H,5,8,13H2,1-3H3,(H,24,27)(H,25,26). The molecule has 5 nitrogen and oxygen atoms in total. The van der Waals surface area contributed by atoms with Gasteiger partial charge in [-0.3, -0.25) is 9.59 Å². The number of ether oxygens (including phenoxy) is 1. The van der Waals surface area contributed by atoms with Gasteiger partial charge in [0.05, 0.1) is 12.1 Å². The average molecular weight is 403 g/mol. The number of carbonyl (C=O) groups is 2.